The number of rotatable bonds is 5. The van der Waals surface area contributed by atoms with Crippen molar-refractivity contribution < 1.29 is 14.3 Å². The zero-order chi connectivity index (χ0) is 18.5. The zero-order valence-corrected chi connectivity index (χ0v) is 16.2. The van der Waals surface area contributed by atoms with Crippen LogP contribution in [0.2, 0.25) is 0 Å². The van der Waals surface area contributed by atoms with Crippen molar-refractivity contribution in [1.82, 2.24) is 14.7 Å². The molecule has 1 fully saturated rings. The lowest BCUT2D eigenvalue weighted by molar-refractivity contribution is -0.135. The molecule has 2 heterocycles. The van der Waals surface area contributed by atoms with E-state index in [0.717, 1.165) is 44.1 Å². The number of carbonyl (C=O) groups excluding carboxylic acids is 1. The molecular formula is C20H31N3O3. The first kappa shape index (κ1) is 19.0. The maximum Gasteiger partial charge on any atom is 0.237 e. The maximum atomic E-state index is 12.9. The van der Waals surface area contributed by atoms with E-state index < -0.39 is 0 Å². The molecule has 6 heteroatoms. The molecule has 3 rings (SSSR count). The van der Waals surface area contributed by atoms with E-state index in [2.05, 4.69) is 30.7 Å². The first-order valence-corrected chi connectivity index (χ1v) is 9.62. The smallest absolute Gasteiger partial charge is 0.237 e. The van der Waals surface area contributed by atoms with E-state index in [9.17, 15) is 4.79 Å². The number of fused-ring (bicyclic) bond motifs is 1. The number of carbonyl (C=O) groups is 1. The second-order valence-corrected chi connectivity index (χ2v) is 7.57. The van der Waals surface area contributed by atoms with E-state index in [1.807, 2.05) is 29.2 Å². The van der Waals surface area contributed by atoms with Gasteiger partial charge in [-0.05, 0) is 52.5 Å². The predicted molar refractivity (Wildman–Crippen MR) is 102 cm³/mol. The van der Waals surface area contributed by atoms with Gasteiger partial charge in [-0.2, -0.15) is 0 Å². The number of ether oxygens (including phenoxy) is 2. The highest BCUT2D eigenvalue weighted by molar-refractivity contribution is 5.78. The SMILES string of the molecule is CC(C)N(C[C@@H]1COc2ccccc2O1)C(=O)CN1CCCN(C)CC1. The Hall–Kier alpha value is -1.79. The van der Waals surface area contributed by atoms with Gasteiger partial charge in [0.05, 0.1) is 13.1 Å². The molecular weight excluding hydrogens is 330 g/mol. The van der Waals surface area contributed by atoms with Gasteiger partial charge in [-0.1, -0.05) is 12.1 Å². The molecule has 0 bridgehead atoms. The number of nitrogens with zero attached hydrogens (tertiary/aromatic N) is 3. The van der Waals surface area contributed by atoms with Crippen molar-refractivity contribution >= 4 is 5.91 Å². The van der Waals surface area contributed by atoms with Crippen LogP contribution < -0.4 is 9.47 Å². The lowest BCUT2D eigenvalue weighted by Gasteiger charge is -2.34. The maximum absolute atomic E-state index is 12.9. The minimum atomic E-state index is -0.133. The molecule has 2 aliphatic heterocycles. The lowest BCUT2D eigenvalue weighted by Crippen LogP contribution is -2.50. The average Bonchev–Trinajstić information content (AvgIpc) is 2.83. The van der Waals surface area contributed by atoms with Crippen LogP contribution >= 0.6 is 0 Å². The van der Waals surface area contributed by atoms with Gasteiger partial charge in [0.1, 0.15) is 6.61 Å². The fourth-order valence-electron chi connectivity index (χ4n) is 3.51. The van der Waals surface area contributed by atoms with Gasteiger partial charge >= 0.3 is 0 Å². The minimum Gasteiger partial charge on any atom is -0.486 e. The van der Waals surface area contributed by atoms with Crippen LogP contribution in [0.5, 0.6) is 11.5 Å². The van der Waals surface area contributed by atoms with Gasteiger partial charge in [0.25, 0.3) is 0 Å². The van der Waals surface area contributed by atoms with Gasteiger partial charge in [0.15, 0.2) is 17.6 Å². The largest absolute Gasteiger partial charge is 0.486 e. The molecule has 2 aliphatic rings. The monoisotopic (exact) mass is 361 g/mol. The molecule has 1 aromatic rings. The summed E-state index contributed by atoms with van der Waals surface area (Å²) in [6.45, 7) is 9.69. The normalized spacial score (nSPS) is 21.5. The van der Waals surface area contributed by atoms with Crippen molar-refractivity contribution in [2.75, 3.05) is 52.9 Å². The molecule has 0 radical (unpaired) electrons. The Balaban J connectivity index is 1.57. The zero-order valence-electron chi connectivity index (χ0n) is 16.2. The molecule has 1 saturated heterocycles. The summed E-state index contributed by atoms with van der Waals surface area (Å²) in [5.41, 5.74) is 0. The number of likely N-dealkylation sites (N-methyl/N-ethyl adjacent to an activating group) is 1. The van der Waals surface area contributed by atoms with Crippen LogP contribution in [-0.2, 0) is 4.79 Å². The van der Waals surface area contributed by atoms with Gasteiger partial charge in [0.2, 0.25) is 5.91 Å². The van der Waals surface area contributed by atoms with Crippen molar-refractivity contribution in [3.05, 3.63) is 24.3 Å². The molecule has 1 amide bonds. The second-order valence-electron chi connectivity index (χ2n) is 7.57. The summed E-state index contributed by atoms with van der Waals surface area (Å²) in [4.78, 5) is 19.5. The predicted octanol–water partition coefficient (Wildman–Crippen LogP) is 1.70. The minimum absolute atomic E-state index is 0.133. The van der Waals surface area contributed by atoms with E-state index >= 15 is 0 Å². The molecule has 144 valence electrons. The molecule has 0 spiro atoms. The number of amides is 1. The van der Waals surface area contributed by atoms with Crippen molar-refractivity contribution in [2.24, 2.45) is 0 Å². The number of benzene rings is 1. The van der Waals surface area contributed by atoms with Gasteiger partial charge < -0.3 is 19.3 Å². The van der Waals surface area contributed by atoms with Gasteiger partial charge in [0, 0.05) is 19.1 Å². The highest BCUT2D eigenvalue weighted by Crippen LogP contribution is 2.31. The van der Waals surface area contributed by atoms with Crippen LogP contribution in [0.3, 0.4) is 0 Å². The standard InChI is InChI=1S/C20H31N3O3/c1-16(2)23(20(24)14-22-10-6-9-21(3)11-12-22)13-17-15-25-18-7-4-5-8-19(18)26-17/h4-5,7-8,16-17H,6,9-15H2,1-3H3/t17-/m1/s1. The van der Waals surface area contributed by atoms with Crippen LogP contribution in [0, 0.1) is 0 Å². The summed E-state index contributed by atoms with van der Waals surface area (Å²) in [6, 6.07) is 7.83. The summed E-state index contributed by atoms with van der Waals surface area (Å²) in [5, 5.41) is 0. The van der Waals surface area contributed by atoms with Crippen LogP contribution in [0.1, 0.15) is 20.3 Å². The third-order valence-electron chi connectivity index (χ3n) is 5.08. The molecule has 6 nitrogen and oxygen atoms in total. The van der Waals surface area contributed by atoms with Crippen LogP contribution in [0.25, 0.3) is 0 Å². The molecule has 0 unspecified atom stereocenters. The highest BCUT2D eigenvalue weighted by atomic mass is 16.6. The molecule has 1 aromatic carbocycles. The molecule has 0 saturated carbocycles. The fraction of sp³-hybridized carbons (Fsp3) is 0.650. The Kier molecular flexibility index (Phi) is 6.38. The fourth-order valence-corrected chi connectivity index (χ4v) is 3.51. The number of hydrogen-bond donors (Lipinski definition) is 0. The summed E-state index contributed by atoms with van der Waals surface area (Å²) in [6.07, 6.45) is 0.980. The number of hydrogen-bond acceptors (Lipinski definition) is 5. The van der Waals surface area contributed by atoms with Crippen molar-refractivity contribution in [3.8, 4) is 11.5 Å². The molecule has 0 aliphatic carbocycles. The van der Waals surface area contributed by atoms with Gasteiger partial charge in [-0.15, -0.1) is 0 Å². The summed E-state index contributed by atoms with van der Waals surface area (Å²) >= 11 is 0. The van der Waals surface area contributed by atoms with E-state index in [0.29, 0.717) is 19.7 Å². The van der Waals surface area contributed by atoms with Crippen molar-refractivity contribution in [1.29, 1.82) is 0 Å². The summed E-state index contributed by atoms with van der Waals surface area (Å²) in [5.74, 6) is 1.71. The Morgan fingerprint density at radius 3 is 2.73 bits per heavy atom. The molecule has 1 atom stereocenters. The summed E-state index contributed by atoms with van der Waals surface area (Å²) < 4.78 is 11.8. The van der Waals surface area contributed by atoms with E-state index in [1.54, 1.807) is 0 Å². The Labute approximate surface area is 156 Å². The van der Waals surface area contributed by atoms with Crippen LogP contribution in [-0.4, -0.2) is 85.7 Å². The Morgan fingerprint density at radius 1 is 1.19 bits per heavy atom. The highest BCUT2D eigenvalue weighted by Gasteiger charge is 2.28. The Bertz CT molecular complexity index is 608. The van der Waals surface area contributed by atoms with Crippen LogP contribution in [0.4, 0.5) is 0 Å². The van der Waals surface area contributed by atoms with E-state index in [4.69, 9.17) is 9.47 Å². The van der Waals surface area contributed by atoms with E-state index in [-0.39, 0.29) is 18.1 Å². The lowest BCUT2D eigenvalue weighted by atomic mass is 10.2. The molecule has 0 aromatic heterocycles. The second kappa shape index (κ2) is 8.73. The number of para-hydroxylation sites is 2. The first-order valence-electron chi connectivity index (χ1n) is 9.62. The quantitative estimate of drug-likeness (QED) is 0.799. The van der Waals surface area contributed by atoms with Crippen LogP contribution in [0.15, 0.2) is 24.3 Å². The van der Waals surface area contributed by atoms with E-state index in [1.165, 1.54) is 0 Å². The molecule has 0 N–H and O–H groups in total. The first-order chi connectivity index (χ1) is 12.5. The van der Waals surface area contributed by atoms with Gasteiger partial charge in [-0.25, -0.2) is 0 Å². The molecule has 26 heavy (non-hydrogen) atoms. The summed E-state index contributed by atoms with van der Waals surface area (Å²) in [7, 11) is 2.14. The van der Waals surface area contributed by atoms with Crippen molar-refractivity contribution in [3.63, 3.8) is 0 Å². The average molecular weight is 361 g/mol. The third kappa shape index (κ3) is 4.89. The van der Waals surface area contributed by atoms with Crippen molar-refractivity contribution in [2.45, 2.75) is 32.4 Å². The van der Waals surface area contributed by atoms with Gasteiger partial charge in [-0.3, -0.25) is 9.69 Å². The topological polar surface area (TPSA) is 45.3 Å². The third-order valence-corrected chi connectivity index (χ3v) is 5.08. The Morgan fingerprint density at radius 2 is 1.96 bits per heavy atom.